The molecule has 22 heavy (non-hydrogen) atoms. The van der Waals surface area contributed by atoms with Gasteiger partial charge in [-0.3, -0.25) is 14.4 Å². The summed E-state index contributed by atoms with van der Waals surface area (Å²) in [6.45, 7) is 1.83. The van der Waals surface area contributed by atoms with Crippen molar-refractivity contribution >= 4 is 23.5 Å². The van der Waals surface area contributed by atoms with Crippen LogP contribution >= 0.6 is 0 Å². The standard InChI is InChI=1S/C16H18N2O4/c1-9(17-14(20)16(6-7-16)15(21)22)10-2-4-12-11(8-10)3-5-13(19)18-12/h2,4,8-9H,3,5-7H2,1H3,(H,17,20)(H,18,19)(H,21,22). The van der Waals surface area contributed by atoms with Gasteiger partial charge in [-0.15, -0.1) is 0 Å². The molecule has 1 aliphatic carbocycles. The minimum atomic E-state index is -1.23. The van der Waals surface area contributed by atoms with Gasteiger partial charge in [-0.1, -0.05) is 12.1 Å². The number of aliphatic carboxylic acids is 1. The number of nitrogens with one attached hydrogen (secondary N) is 2. The highest BCUT2D eigenvalue weighted by Gasteiger charge is 2.57. The van der Waals surface area contributed by atoms with Gasteiger partial charge in [0.1, 0.15) is 5.41 Å². The summed E-state index contributed by atoms with van der Waals surface area (Å²) in [5.74, 6) is -1.46. The molecule has 1 aliphatic heterocycles. The molecule has 0 saturated heterocycles. The number of carboxylic acids is 1. The fraction of sp³-hybridized carbons (Fsp3) is 0.438. The molecule has 6 heteroatoms. The van der Waals surface area contributed by atoms with Crippen LogP contribution in [0.25, 0.3) is 0 Å². The first-order valence-electron chi connectivity index (χ1n) is 7.39. The van der Waals surface area contributed by atoms with E-state index in [1.54, 1.807) is 0 Å². The average Bonchev–Trinajstić information content (AvgIpc) is 3.28. The molecular weight excluding hydrogens is 284 g/mol. The number of hydrogen-bond donors (Lipinski definition) is 3. The number of rotatable bonds is 4. The summed E-state index contributed by atoms with van der Waals surface area (Å²) in [5, 5.41) is 14.7. The van der Waals surface area contributed by atoms with Gasteiger partial charge >= 0.3 is 5.97 Å². The van der Waals surface area contributed by atoms with Crippen LogP contribution in [-0.4, -0.2) is 22.9 Å². The highest BCUT2D eigenvalue weighted by atomic mass is 16.4. The van der Waals surface area contributed by atoms with Crippen molar-refractivity contribution < 1.29 is 19.5 Å². The molecule has 2 aliphatic rings. The maximum Gasteiger partial charge on any atom is 0.319 e. The normalized spacial score (nSPS) is 19.6. The van der Waals surface area contributed by atoms with Crippen LogP contribution in [0.5, 0.6) is 0 Å². The first-order chi connectivity index (χ1) is 10.4. The van der Waals surface area contributed by atoms with Crippen LogP contribution in [0.2, 0.25) is 0 Å². The Morgan fingerprint density at radius 3 is 2.68 bits per heavy atom. The molecule has 1 atom stereocenters. The van der Waals surface area contributed by atoms with E-state index in [1.807, 2.05) is 25.1 Å². The maximum atomic E-state index is 12.1. The molecule has 0 radical (unpaired) electrons. The first-order valence-corrected chi connectivity index (χ1v) is 7.39. The van der Waals surface area contributed by atoms with E-state index in [-0.39, 0.29) is 11.9 Å². The third-order valence-corrected chi connectivity index (χ3v) is 4.47. The van der Waals surface area contributed by atoms with E-state index in [0.29, 0.717) is 25.7 Å². The molecule has 3 rings (SSSR count). The van der Waals surface area contributed by atoms with Crippen LogP contribution in [0.4, 0.5) is 5.69 Å². The number of carboxylic acid groups (broad SMARTS) is 1. The molecule has 1 aromatic rings. The van der Waals surface area contributed by atoms with Gasteiger partial charge in [-0.05, 0) is 43.4 Å². The predicted octanol–water partition coefficient (Wildman–Crippen LogP) is 1.61. The van der Waals surface area contributed by atoms with Gasteiger partial charge < -0.3 is 15.7 Å². The van der Waals surface area contributed by atoms with E-state index in [4.69, 9.17) is 5.11 Å². The van der Waals surface area contributed by atoms with Gasteiger partial charge in [0.2, 0.25) is 11.8 Å². The lowest BCUT2D eigenvalue weighted by atomic mass is 9.97. The van der Waals surface area contributed by atoms with Crippen LogP contribution in [-0.2, 0) is 20.8 Å². The second-order valence-corrected chi connectivity index (χ2v) is 6.05. The van der Waals surface area contributed by atoms with Crippen molar-refractivity contribution in [3.8, 4) is 0 Å². The molecule has 6 nitrogen and oxygen atoms in total. The summed E-state index contributed by atoms with van der Waals surface area (Å²) >= 11 is 0. The first kappa shape index (κ1) is 14.6. The van der Waals surface area contributed by atoms with Crippen molar-refractivity contribution in [2.45, 2.75) is 38.6 Å². The zero-order valence-electron chi connectivity index (χ0n) is 12.3. The quantitative estimate of drug-likeness (QED) is 0.736. The summed E-state index contributed by atoms with van der Waals surface area (Å²) in [5.41, 5.74) is 1.53. The number of fused-ring (bicyclic) bond motifs is 1. The Balaban J connectivity index is 1.73. The number of carbonyl (C=O) groups is 3. The zero-order valence-corrected chi connectivity index (χ0v) is 12.3. The highest BCUT2D eigenvalue weighted by Crippen LogP contribution is 2.46. The van der Waals surface area contributed by atoms with Crippen molar-refractivity contribution in [1.29, 1.82) is 0 Å². The van der Waals surface area contributed by atoms with Crippen LogP contribution in [0.15, 0.2) is 18.2 Å². The number of hydrogen-bond acceptors (Lipinski definition) is 3. The molecule has 0 aromatic heterocycles. The van der Waals surface area contributed by atoms with Crippen LogP contribution in [0.3, 0.4) is 0 Å². The molecule has 1 saturated carbocycles. The van der Waals surface area contributed by atoms with Crippen LogP contribution in [0.1, 0.15) is 43.4 Å². The average molecular weight is 302 g/mol. The van der Waals surface area contributed by atoms with Gasteiger partial charge in [-0.2, -0.15) is 0 Å². The lowest BCUT2D eigenvalue weighted by molar-refractivity contribution is -0.149. The van der Waals surface area contributed by atoms with E-state index >= 15 is 0 Å². The molecule has 3 N–H and O–H groups in total. The maximum absolute atomic E-state index is 12.1. The SMILES string of the molecule is CC(NC(=O)C1(C(=O)O)CC1)c1ccc2c(c1)CCC(=O)N2. The van der Waals surface area contributed by atoms with Crippen LogP contribution in [0, 0.1) is 5.41 Å². The summed E-state index contributed by atoms with van der Waals surface area (Å²) in [4.78, 5) is 34.6. The third-order valence-electron chi connectivity index (χ3n) is 4.47. The molecular formula is C16H18N2O4. The Morgan fingerprint density at radius 2 is 2.05 bits per heavy atom. The van der Waals surface area contributed by atoms with Crippen LogP contribution < -0.4 is 10.6 Å². The second-order valence-electron chi connectivity index (χ2n) is 6.05. The van der Waals surface area contributed by atoms with Gasteiger partial charge in [0, 0.05) is 12.1 Å². The minimum absolute atomic E-state index is 0.0127. The van der Waals surface area contributed by atoms with E-state index in [9.17, 15) is 14.4 Å². The molecule has 1 unspecified atom stereocenters. The van der Waals surface area contributed by atoms with Crippen molar-refractivity contribution in [2.75, 3.05) is 5.32 Å². The second kappa shape index (κ2) is 5.12. The summed E-state index contributed by atoms with van der Waals surface area (Å²) in [7, 11) is 0. The number of amides is 2. The Bertz CT molecular complexity index is 664. The smallest absolute Gasteiger partial charge is 0.319 e. The number of aryl methyl sites for hydroxylation is 1. The molecule has 0 spiro atoms. The van der Waals surface area contributed by atoms with Gasteiger partial charge in [0.15, 0.2) is 0 Å². The van der Waals surface area contributed by atoms with Crippen molar-refractivity contribution in [3.05, 3.63) is 29.3 Å². The Labute approximate surface area is 127 Å². The zero-order chi connectivity index (χ0) is 15.9. The third kappa shape index (κ3) is 2.45. The number of anilines is 1. The van der Waals surface area contributed by atoms with Crippen molar-refractivity contribution in [1.82, 2.24) is 5.32 Å². The summed E-state index contributed by atoms with van der Waals surface area (Å²) in [6, 6.07) is 5.36. The predicted molar refractivity (Wildman–Crippen MR) is 79.3 cm³/mol. The largest absolute Gasteiger partial charge is 0.480 e. The monoisotopic (exact) mass is 302 g/mol. The number of carbonyl (C=O) groups excluding carboxylic acids is 2. The molecule has 1 fully saturated rings. The Kier molecular flexibility index (Phi) is 3.39. The van der Waals surface area contributed by atoms with Gasteiger partial charge in [0.05, 0.1) is 6.04 Å². The Morgan fingerprint density at radius 1 is 1.32 bits per heavy atom. The molecule has 1 aromatic carbocycles. The lowest BCUT2D eigenvalue weighted by Gasteiger charge is -2.21. The van der Waals surface area contributed by atoms with Gasteiger partial charge in [-0.25, -0.2) is 0 Å². The van der Waals surface area contributed by atoms with E-state index in [0.717, 1.165) is 16.8 Å². The van der Waals surface area contributed by atoms with Crippen molar-refractivity contribution in [3.63, 3.8) is 0 Å². The topological polar surface area (TPSA) is 95.5 Å². The minimum Gasteiger partial charge on any atom is -0.480 e. The lowest BCUT2D eigenvalue weighted by Crippen LogP contribution is -2.38. The summed E-state index contributed by atoms with van der Waals surface area (Å²) in [6.07, 6.45) is 1.93. The Hall–Kier alpha value is -2.37. The van der Waals surface area contributed by atoms with E-state index in [2.05, 4.69) is 10.6 Å². The van der Waals surface area contributed by atoms with E-state index < -0.39 is 17.3 Å². The highest BCUT2D eigenvalue weighted by molar-refractivity contribution is 6.05. The summed E-state index contributed by atoms with van der Waals surface area (Å²) < 4.78 is 0. The van der Waals surface area contributed by atoms with Gasteiger partial charge in [0.25, 0.3) is 0 Å². The molecule has 116 valence electrons. The molecule has 2 amide bonds. The van der Waals surface area contributed by atoms with E-state index in [1.165, 1.54) is 0 Å². The van der Waals surface area contributed by atoms with Crippen molar-refractivity contribution in [2.24, 2.45) is 5.41 Å². The number of benzene rings is 1. The molecule has 1 heterocycles. The fourth-order valence-electron chi connectivity index (χ4n) is 2.75. The molecule has 0 bridgehead atoms. The fourth-order valence-corrected chi connectivity index (χ4v) is 2.75.